The Balaban J connectivity index is 2.35. The molecule has 0 aliphatic rings. The van der Waals surface area contributed by atoms with Gasteiger partial charge in [-0.2, -0.15) is 0 Å². The van der Waals surface area contributed by atoms with Crippen molar-refractivity contribution in [1.82, 2.24) is 0 Å². The zero-order valence-electron chi connectivity index (χ0n) is 10.2. The summed E-state index contributed by atoms with van der Waals surface area (Å²) in [5, 5.41) is 9.35. The molecule has 0 heterocycles. The van der Waals surface area contributed by atoms with Gasteiger partial charge in [0.1, 0.15) is 5.82 Å². The highest BCUT2D eigenvalue weighted by molar-refractivity contribution is 7.92. The molecular weight excluding hydrogens is 305 g/mol. The maximum absolute atomic E-state index is 13.2. The lowest BCUT2D eigenvalue weighted by atomic mass is 10.2. The summed E-state index contributed by atoms with van der Waals surface area (Å²) in [5.74, 6) is -0.658. The number of anilines is 1. The van der Waals surface area contributed by atoms with Crippen LogP contribution in [0.25, 0.3) is 0 Å². The molecule has 0 aliphatic carbocycles. The van der Waals surface area contributed by atoms with E-state index in [2.05, 4.69) is 4.72 Å². The molecule has 2 rings (SSSR count). The fourth-order valence-corrected chi connectivity index (χ4v) is 2.90. The average molecular weight is 316 g/mol. The van der Waals surface area contributed by atoms with E-state index in [9.17, 15) is 12.8 Å². The second-order valence-corrected chi connectivity index (χ2v) is 6.15. The quantitative estimate of drug-likeness (QED) is 0.911. The molecule has 0 aliphatic heterocycles. The van der Waals surface area contributed by atoms with Crippen LogP contribution in [0.1, 0.15) is 5.56 Å². The Bertz CT molecular complexity index is 734. The summed E-state index contributed by atoms with van der Waals surface area (Å²) in [6, 6.07) is 9.42. The van der Waals surface area contributed by atoms with E-state index in [0.717, 1.165) is 18.2 Å². The Kier molecular flexibility index (Phi) is 4.27. The summed E-state index contributed by atoms with van der Waals surface area (Å²) >= 11 is 5.77. The second-order valence-electron chi connectivity index (χ2n) is 4.03. The van der Waals surface area contributed by atoms with Crippen LogP contribution in [-0.2, 0) is 16.6 Å². The largest absolute Gasteiger partial charge is 0.392 e. The normalized spacial score (nSPS) is 11.3. The zero-order valence-corrected chi connectivity index (χ0v) is 11.7. The first-order valence-electron chi connectivity index (χ1n) is 5.60. The first kappa shape index (κ1) is 14.8. The van der Waals surface area contributed by atoms with E-state index in [4.69, 9.17) is 16.7 Å². The SMILES string of the molecule is O=S(=O)(Nc1cccc(Cl)c1)c1ccc(F)c(CO)c1. The molecule has 4 nitrogen and oxygen atoms in total. The van der Waals surface area contributed by atoms with E-state index in [-0.39, 0.29) is 10.5 Å². The molecule has 2 N–H and O–H groups in total. The number of nitrogens with one attached hydrogen (secondary N) is 1. The van der Waals surface area contributed by atoms with Crippen LogP contribution in [0.4, 0.5) is 10.1 Å². The van der Waals surface area contributed by atoms with Crippen LogP contribution in [0.2, 0.25) is 5.02 Å². The van der Waals surface area contributed by atoms with Crippen LogP contribution >= 0.6 is 11.6 Å². The average Bonchev–Trinajstić information content (AvgIpc) is 2.38. The van der Waals surface area contributed by atoms with Gasteiger partial charge in [-0.1, -0.05) is 17.7 Å². The molecule has 0 atom stereocenters. The van der Waals surface area contributed by atoms with Crippen molar-refractivity contribution in [2.75, 3.05) is 4.72 Å². The minimum atomic E-state index is -3.87. The number of benzene rings is 2. The molecule has 2 aromatic rings. The molecule has 20 heavy (non-hydrogen) atoms. The van der Waals surface area contributed by atoms with Crippen LogP contribution in [0, 0.1) is 5.82 Å². The highest BCUT2D eigenvalue weighted by atomic mass is 35.5. The Labute approximate surface area is 120 Å². The van der Waals surface area contributed by atoms with Gasteiger partial charge in [-0.25, -0.2) is 12.8 Å². The number of hydrogen-bond donors (Lipinski definition) is 2. The molecule has 0 amide bonds. The lowest BCUT2D eigenvalue weighted by Crippen LogP contribution is -2.13. The van der Waals surface area contributed by atoms with Crippen molar-refractivity contribution in [3.8, 4) is 0 Å². The van der Waals surface area contributed by atoms with Gasteiger partial charge in [-0.3, -0.25) is 4.72 Å². The number of aliphatic hydroxyl groups excluding tert-OH is 1. The van der Waals surface area contributed by atoms with Crippen molar-refractivity contribution in [3.05, 3.63) is 58.9 Å². The number of rotatable bonds is 4. The first-order valence-corrected chi connectivity index (χ1v) is 7.46. The summed E-state index contributed by atoms with van der Waals surface area (Å²) in [4.78, 5) is -0.136. The summed E-state index contributed by atoms with van der Waals surface area (Å²) in [6.07, 6.45) is 0. The zero-order chi connectivity index (χ0) is 14.8. The van der Waals surface area contributed by atoms with Crippen molar-refractivity contribution < 1.29 is 17.9 Å². The highest BCUT2D eigenvalue weighted by Crippen LogP contribution is 2.21. The number of sulfonamides is 1. The van der Waals surface area contributed by atoms with Crippen LogP contribution in [0.15, 0.2) is 47.4 Å². The summed E-state index contributed by atoms with van der Waals surface area (Å²) in [7, 11) is -3.87. The Hall–Kier alpha value is -1.63. The number of aliphatic hydroxyl groups is 1. The Morgan fingerprint density at radius 2 is 1.95 bits per heavy atom. The molecule has 2 aromatic carbocycles. The monoisotopic (exact) mass is 315 g/mol. The third-order valence-corrected chi connectivity index (χ3v) is 4.19. The van der Waals surface area contributed by atoms with Gasteiger partial charge in [0.25, 0.3) is 10.0 Å². The van der Waals surface area contributed by atoms with Gasteiger partial charge < -0.3 is 5.11 Å². The van der Waals surface area contributed by atoms with Gasteiger partial charge in [0, 0.05) is 10.6 Å². The highest BCUT2D eigenvalue weighted by Gasteiger charge is 2.16. The van der Waals surface area contributed by atoms with Gasteiger partial charge in [-0.05, 0) is 36.4 Å². The molecule has 106 valence electrons. The van der Waals surface area contributed by atoms with E-state index in [1.165, 1.54) is 6.07 Å². The molecule has 7 heteroatoms. The Morgan fingerprint density at radius 1 is 1.20 bits per heavy atom. The predicted molar refractivity (Wildman–Crippen MR) is 74.6 cm³/mol. The van der Waals surface area contributed by atoms with Crippen LogP contribution in [-0.4, -0.2) is 13.5 Å². The fourth-order valence-electron chi connectivity index (χ4n) is 1.61. The van der Waals surface area contributed by atoms with Crippen LogP contribution in [0.3, 0.4) is 0 Å². The Morgan fingerprint density at radius 3 is 2.60 bits per heavy atom. The molecule has 0 saturated heterocycles. The molecule has 0 aromatic heterocycles. The molecule has 0 radical (unpaired) electrons. The van der Waals surface area contributed by atoms with Gasteiger partial charge in [0.05, 0.1) is 17.2 Å². The third kappa shape index (κ3) is 3.27. The summed E-state index contributed by atoms with van der Waals surface area (Å²) < 4.78 is 39.8. The van der Waals surface area contributed by atoms with E-state index < -0.39 is 22.4 Å². The second kappa shape index (κ2) is 5.78. The fraction of sp³-hybridized carbons (Fsp3) is 0.0769. The van der Waals surface area contributed by atoms with Gasteiger partial charge in [-0.15, -0.1) is 0 Å². The van der Waals surface area contributed by atoms with Gasteiger partial charge in [0.15, 0.2) is 0 Å². The van der Waals surface area contributed by atoms with E-state index in [1.54, 1.807) is 18.2 Å². The molecule has 0 fully saturated rings. The maximum atomic E-state index is 13.2. The standard InChI is InChI=1S/C13H11ClFNO3S/c14-10-2-1-3-11(7-10)16-20(18,19)12-4-5-13(15)9(6-12)8-17/h1-7,16-17H,8H2. The van der Waals surface area contributed by atoms with Crippen molar-refractivity contribution in [1.29, 1.82) is 0 Å². The molecular formula is C13H11ClFNO3S. The van der Waals surface area contributed by atoms with Crippen molar-refractivity contribution >= 4 is 27.3 Å². The van der Waals surface area contributed by atoms with E-state index >= 15 is 0 Å². The minimum Gasteiger partial charge on any atom is -0.392 e. The maximum Gasteiger partial charge on any atom is 0.261 e. The lowest BCUT2D eigenvalue weighted by molar-refractivity contribution is 0.275. The third-order valence-electron chi connectivity index (χ3n) is 2.57. The molecule has 0 bridgehead atoms. The smallest absolute Gasteiger partial charge is 0.261 e. The van der Waals surface area contributed by atoms with E-state index in [1.807, 2.05) is 0 Å². The topological polar surface area (TPSA) is 66.4 Å². The number of hydrogen-bond acceptors (Lipinski definition) is 3. The number of halogens is 2. The first-order chi connectivity index (χ1) is 9.42. The van der Waals surface area contributed by atoms with Gasteiger partial charge in [0.2, 0.25) is 0 Å². The minimum absolute atomic E-state index is 0.0843. The summed E-state index contributed by atoms with van der Waals surface area (Å²) in [6.45, 7) is -0.577. The molecule has 0 unspecified atom stereocenters. The van der Waals surface area contributed by atoms with E-state index in [0.29, 0.717) is 10.7 Å². The molecule has 0 saturated carbocycles. The van der Waals surface area contributed by atoms with Crippen LogP contribution in [0.5, 0.6) is 0 Å². The van der Waals surface area contributed by atoms with Crippen molar-refractivity contribution in [2.45, 2.75) is 11.5 Å². The van der Waals surface area contributed by atoms with Crippen molar-refractivity contribution in [3.63, 3.8) is 0 Å². The van der Waals surface area contributed by atoms with Crippen molar-refractivity contribution in [2.24, 2.45) is 0 Å². The van der Waals surface area contributed by atoms with Crippen LogP contribution < -0.4 is 4.72 Å². The lowest BCUT2D eigenvalue weighted by Gasteiger charge is -2.09. The summed E-state index contributed by atoms with van der Waals surface area (Å²) in [5.41, 5.74) is 0.214. The molecule has 0 spiro atoms. The predicted octanol–water partition coefficient (Wildman–Crippen LogP) is 2.77. The van der Waals surface area contributed by atoms with Gasteiger partial charge >= 0.3 is 0 Å².